The van der Waals surface area contributed by atoms with Crippen molar-refractivity contribution in [2.24, 2.45) is 4.99 Å². The highest BCUT2D eigenvalue weighted by molar-refractivity contribution is 6.32. The first kappa shape index (κ1) is 25.4. The molecule has 3 rings (SSSR count). The van der Waals surface area contributed by atoms with Crippen LogP contribution in [0, 0.1) is 0 Å². The lowest BCUT2D eigenvalue weighted by Crippen LogP contribution is -2.19. The van der Waals surface area contributed by atoms with E-state index < -0.39 is 17.3 Å². The molecule has 3 aromatic rings. The van der Waals surface area contributed by atoms with Gasteiger partial charge in [-0.1, -0.05) is 29.8 Å². The van der Waals surface area contributed by atoms with Gasteiger partial charge in [-0.05, 0) is 62.9 Å². The van der Waals surface area contributed by atoms with Gasteiger partial charge in [-0.25, -0.2) is 9.97 Å². The molecule has 0 aliphatic heterocycles. The standard InChI is InChI=1S/C25H24ClF3N4O/c1-15(26)22(31-12-16-5-8-19(9-6-16)25(27,28)29)20-11-17(7-10-21(20)30-4)18-13-32-23(33-14-18)24(2,3)34/h5-11,13-14,31,34H,4,12H2,1-3H3/b22-15-. The topological polar surface area (TPSA) is 70.4 Å². The summed E-state index contributed by atoms with van der Waals surface area (Å²) in [5.41, 5.74) is 2.11. The highest BCUT2D eigenvalue weighted by atomic mass is 35.5. The average molecular weight is 489 g/mol. The monoisotopic (exact) mass is 488 g/mol. The zero-order valence-electron chi connectivity index (χ0n) is 18.9. The number of nitrogens with one attached hydrogen (secondary N) is 1. The molecule has 0 amide bonds. The van der Waals surface area contributed by atoms with Gasteiger partial charge in [-0.2, -0.15) is 13.2 Å². The van der Waals surface area contributed by atoms with Crippen molar-refractivity contribution in [3.8, 4) is 11.1 Å². The summed E-state index contributed by atoms with van der Waals surface area (Å²) in [6, 6.07) is 10.4. The van der Waals surface area contributed by atoms with Crippen LogP contribution in [0.4, 0.5) is 18.9 Å². The lowest BCUT2D eigenvalue weighted by atomic mass is 10.0. The highest BCUT2D eigenvalue weighted by Gasteiger charge is 2.29. The van der Waals surface area contributed by atoms with E-state index in [0.29, 0.717) is 33.4 Å². The summed E-state index contributed by atoms with van der Waals surface area (Å²) < 4.78 is 38.5. The molecule has 0 aliphatic carbocycles. The van der Waals surface area contributed by atoms with Crippen molar-refractivity contribution in [1.82, 2.24) is 15.3 Å². The lowest BCUT2D eigenvalue weighted by molar-refractivity contribution is -0.137. The summed E-state index contributed by atoms with van der Waals surface area (Å²) in [4.78, 5) is 12.6. The maximum Gasteiger partial charge on any atom is 0.416 e. The quantitative estimate of drug-likeness (QED) is 0.375. The van der Waals surface area contributed by atoms with Crippen LogP contribution in [0.2, 0.25) is 0 Å². The van der Waals surface area contributed by atoms with Crippen molar-refractivity contribution in [3.05, 3.63) is 82.4 Å². The first-order valence-electron chi connectivity index (χ1n) is 10.3. The Bertz CT molecular complexity index is 1190. The SMILES string of the molecule is C=Nc1ccc(-c2cnc(C(C)(C)O)nc2)cc1/C(NCc1ccc(C(F)(F)F)cc1)=C(\C)Cl. The van der Waals surface area contributed by atoms with E-state index in [1.807, 2.05) is 12.1 Å². The Kier molecular flexibility index (Phi) is 7.43. The van der Waals surface area contributed by atoms with Gasteiger partial charge in [0.1, 0.15) is 5.60 Å². The minimum atomic E-state index is -4.39. The third-order valence-electron chi connectivity index (χ3n) is 5.06. The molecular weight excluding hydrogens is 465 g/mol. The van der Waals surface area contributed by atoms with Crippen LogP contribution in [0.1, 0.15) is 43.3 Å². The summed E-state index contributed by atoms with van der Waals surface area (Å²) in [6.45, 7) is 8.79. The molecule has 0 saturated carbocycles. The second kappa shape index (κ2) is 9.95. The van der Waals surface area contributed by atoms with Gasteiger partial charge < -0.3 is 10.4 Å². The summed E-state index contributed by atoms with van der Waals surface area (Å²) in [6.07, 6.45) is -1.15. The fourth-order valence-corrected chi connectivity index (χ4v) is 3.42. The highest BCUT2D eigenvalue weighted by Crippen LogP contribution is 2.33. The van der Waals surface area contributed by atoms with E-state index in [4.69, 9.17) is 11.6 Å². The summed E-state index contributed by atoms with van der Waals surface area (Å²) in [5.74, 6) is 0.302. The zero-order valence-corrected chi connectivity index (χ0v) is 19.7. The van der Waals surface area contributed by atoms with Gasteiger partial charge in [-0.15, -0.1) is 0 Å². The molecule has 0 atom stereocenters. The second-order valence-corrected chi connectivity index (χ2v) is 8.77. The van der Waals surface area contributed by atoms with E-state index in [-0.39, 0.29) is 6.54 Å². The Morgan fingerprint density at radius 2 is 1.68 bits per heavy atom. The molecule has 2 aromatic carbocycles. The number of rotatable bonds is 7. The van der Waals surface area contributed by atoms with Gasteiger partial charge >= 0.3 is 6.18 Å². The molecule has 0 aliphatic rings. The summed E-state index contributed by atoms with van der Waals surface area (Å²) >= 11 is 6.38. The molecule has 1 heterocycles. The fraction of sp³-hybridized carbons (Fsp3) is 0.240. The van der Waals surface area contributed by atoms with Crippen LogP contribution in [-0.2, 0) is 18.3 Å². The van der Waals surface area contributed by atoms with Gasteiger partial charge in [0.15, 0.2) is 5.82 Å². The smallest absolute Gasteiger partial charge is 0.382 e. The van der Waals surface area contributed by atoms with Crippen molar-refractivity contribution in [1.29, 1.82) is 0 Å². The molecule has 5 nitrogen and oxygen atoms in total. The van der Waals surface area contributed by atoms with Crippen LogP contribution in [-0.4, -0.2) is 21.8 Å². The van der Waals surface area contributed by atoms with Gasteiger partial charge in [0, 0.05) is 35.1 Å². The van der Waals surface area contributed by atoms with Crippen LogP contribution >= 0.6 is 11.6 Å². The summed E-state index contributed by atoms with van der Waals surface area (Å²) in [5, 5.41) is 13.7. The molecule has 1 aromatic heterocycles. The number of nitrogens with zero attached hydrogens (tertiary/aromatic N) is 3. The third kappa shape index (κ3) is 6.01. The number of aliphatic hydroxyl groups is 1. The minimum Gasteiger partial charge on any atom is -0.382 e. The molecule has 0 fully saturated rings. The van der Waals surface area contributed by atoms with E-state index in [1.165, 1.54) is 12.1 Å². The van der Waals surface area contributed by atoms with Crippen LogP contribution < -0.4 is 5.32 Å². The molecule has 0 unspecified atom stereocenters. The van der Waals surface area contributed by atoms with E-state index >= 15 is 0 Å². The predicted octanol–water partition coefficient (Wildman–Crippen LogP) is 6.44. The van der Waals surface area contributed by atoms with Crippen molar-refractivity contribution < 1.29 is 18.3 Å². The number of hydrogen-bond donors (Lipinski definition) is 2. The normalized spacial score (nSPS) is 12.8. The average Bonchev–Trinajstić information content (AvgIpc) is 2.78. The van der Waals surface area contributed by atoms with E-state index in [9.17, 15) is 18.3 Å². The molecule has 0 radical (unpaired) electrons. The number of aliphatic imine (C=N–C) groups is 1. The van der Waals surface area contributed by atoms with E-state index in [2.05, 4.69) is 27.0 Å². The van der Waals surface area contributed by atoms with Gasteiger partial charge in [0.05, 0.1) is 16.9 Å². The second-order valence-electron chi connectivity index (χ2n) is 8.20. The van der Waals surface area contributed by atoms with Gasteiger partial charge in [-0.3, -0.25) is 4.99 Å². The first-order chi connectivity index (χ1) is 15.9. The van der Waals surface area contributed by atoms with Crippen molar-refractivity contribution in [2.45, 2.75) is 39.1 Å². The third-order valence-corrected chi connectivity index (χ3v) is 5.25. The van der Waals surface area contributed by atoms with Crippen LogP contribution in [0.5, 0.6) is 0 Å². The van der Waals surface area contributed by atoms with Crippen LogP contribution in [0.25, 0.3) is 16.8 Å². The maximum atomic E-state index is 12.8. The number of aromatic nitrogens is 2. The number of hydrogen-bond acceptors (Lipinski definition) is 5. The number of alkyl halides is 3. The Morgan fingerprint density at radius 3 is 2.18 bits per heavy atom. The summed E-state index contributed by atoms with van der Waals surface area (Å²) in [7, 11) is 0. The molecule has 2 N–H and O–H groups in total. The minimum absolute atomic E-state index is 0.252. The zero-order chi connectivity index (χ0) is 25.1. The largest absolute Gasteiger partial charge is 0.416 e. The Morgan fingerprint density at radius 1 is 1.06 bits per heavy atom. The number of halogens is 4. The fourth-order valence-electron chi connectivity index (χ4n) is 3.25. The number of allylic oxidation sites excluding steroid dienone is 1. The molecule has 178 valence electrons. The van der Waals surface area contributed by atoms with Gasteiger partial charge in [0.2, 0.25) is 0 Å². The number of benzene rings is 2. The van der Waals surface area contributed by atoms with Gasteiger partial charge in [0.25, 0.3) is 0 Å². The maximum absolute atomic E-state index is 12.8. The lowest BCUT2D eigenvalue weighted by Gasteiger charge is -2.17. The Labute approximate surface area is 201 Å². The molecule has 34 heavy (non-hydrogen) atoms. The van der Waals surface area contributed by atoms with Crippen molar-refractivity contribution >= 4 is 29.7 Å². The Hall–Kier alpha value is -3.23. The molecule has 0 spiro atoms. The molecule has 0 saturated heterocycles. The molecule has 9 heteroatoms. The molecular formula is C25H24ClF3N4O. The molecule has 0 bridgehead atoms. The van der Waals surface area contributed by atoms with Crippen molar-refractivity contribution in [2.75, 3.05) is 0 Å². The van der Waals surface area contributed by atoms with Crippen LogP contribution in [0.3, 0.4) is 0 Å². The van der Waals surface area contributed by atoms with Crippen LogP contribution in [0.15, 0.2) is 64.9 Å². The Balaban J connectivity index is 1.90. The first-order valence-corrected chi connectivity index (χ1v) is 10.7. The van der Waals surface area contributed by atoms with E-state index in [0.717, 1.165) is 23.3 Å². The van der Waals surface area contributed by atoms with E-state index in [1.54, 1.807) is 39.2 Å². The predicted molar refractivity (Wildman–Crippen MR) is 129 cm³/mol. The van der Waals surface area contributed by atoms with Crippen molar-refractivity contribution in [3.63, 3.8) is 0 Å².